The zero-order valence-electron chi connectivity index (χ0n) is 18.3. The van der Waals surface area contributed by atoms with Crippen molar-refractivity contribution in [1.82, 2.24) is 19.7 Å². The van der Waals surface area contributed by atoms with Gasteiger partial charge in [0.2, 0.25) is 0 Å². The van der Waals surface area contributed by atoms with E-state index < -0.39 is 5.97 Å². The number of likely N-dealkylation sites (tertiary alicyclic amines) is 1. The predicted molar refractivity (Wildman–Crippen MR) is 123 cm³/mol. The zero-order chi connectivity index (χ0) is 23.2. The van der Waals surface area contributed by atoms with Gasteiger partial charge in [-0.15, -0.1) is 10.2 Å². The van der Waals surface area contributed by atoms with Crippen LogP contribution in [0.1, 0.15) is 19.8 Å². The third kappa shape index (κ3) is 5.78. The molecule has 1 aliphatic rings. The minimum atomic E-state index is -0.496. The minimum Gasteiger partial charge on any atom is -0.455 e. The van der Waals surface area contributed by atoms with Crippen molar-refractivity contribution in [2.45, 2.75) is 24.9 Å². The largest absolute Gasteiger partial charge is 0.455 e. The van der Waals surface area contributed by atoms with E-state index in [4.69, 9.17) is 4.74 Å². The molecule has 9 heteroatoms. The molecule has 1 aromatic heterocycles. The smallest absolute Gasteiger partial charge is 0.316 e. The quantitative estimate of drug-likeness (QED) is 0.386. The van der Waals surface area contributed by atoms with Gasteiger partial charge in [0.15, 0.2) is 17.6 Å². The van der Waals surface area contributed by atoms with Gasteiger partial charge in [-0.2, -0.15) is 0 Å². The number of para-hydroxylation sites is 1. The zero-order valence-corrected chi connectivity index (χ0v) is 19.1. The third-order valence-corrected chi connectivity index (χ3v) is 6.34. The number of halogens is 1. The Morgan fingerprint density at radius 1 is 1.12 bits per heavy atom. The van der Waals surface area contributed by atoms with E-state index in [1.807, 2.05) is 34.9 Å². The molecule has 33 heavy (non-hydrogen) atoms. The van der Waals surface area contributed by atoms with Crippen LogP contribution in [0.15, 0.2) is 59.8 Å². The summed E-state index contributed by atoms with van der Waals surface area (Å²) in [6.07, 6.45) is 2.09. The number of benzene rings is 2. The first-order chi connectivity index (χ1) is 16.0. The summed E-state index contributed by atoms with van der Waals surface area (Å²) >= 11 is 1.17. The average Bonchev–Trinajstić information content (AvgIpc) is 3.26. The number of thioether (sulfide) groups is 1. The van der Waals surface area contributed by atoms with Crippen LogP contribution in [-0.2, 0) is 14.3 Å². The summed E-state index contributed by atoms with van der Waals surface area (Å²) in [4.78, 5) is 26.4. The number of carbonyl (C=O) groups is 2. The second kappa shape index (κ2) is 10.6. The number of rotatable bonds is 7. The number of hydrogen-bond acceptors (Lipinski definition) is 6. The molecule has 7 nitrogen and oxygen atoms in total. The lowest BCUT2D eigenvalue weighted by molar-refractivity contribution is -0.150. The summed E-state index contributed by atoms with van der Waals surface area (Å²) in [5.41, 5.74) is 1.51. The fraction of sp³-hybridized carbons (Fsp3) is 0.333. The van der Waals surface area contributed by atoms with E-state index in [0.29, 0.717) is 35.6 Å². The number of aromatic nitrogens is 3. The lowest BCUT2D eigenvalue weighted by Gasteiger charge is -2.30. The second-order valence-corrected chi connectivity index (χ2v) is 8.96. The van der Waals surface area contributed by atoms with Crippen LogP contribution in [0.2, 0.25) is 0 Å². The Kier molecular flexibility index (Phi) is 7.39. The highest BCUT2D eigenvalue weighted by Crippen LogP contribution is 2.28. The summed E-state index contributed by atoms with van der Waals surface area (Å²) in [5, 5.41) is 9.00. The van der Waals surface area contributed by atoms with Gasteiger partial charge in [-0.3, -0.25) is 14.2 Å². The molecule has 0 radical (unpaired) electrons. The van der Waals surface area contributed by atoms with Crippen molar-refractivity contribution in [2.24, 2.45) is 5.92 Å². The van der Waals surface area contributed by atoms with Crippen molar-refractivity contribution in [1.29, 1.82) is 0 Å². The molecule has 0 saturated carbocycles. The number of nitrogens with zero attached hydrogens (tertiary/aromatic N) is 4. The summed E-state index contributed by atoms with van der Waals surface area (Å²) in [6.45, 7) is 3.28. The molecular weight excluding hydrogens is 443 g/mol. The van der Waals surface area contributed by atoms with Crippen LogP contribution in [-0.4, -0.2) is 57.0 Å². The van der Waals surface area contributed by atoms with E-state index in [1.54, 1.807) is 17.0 Å². The minimum absolute atomic E-state index is 0.0158. The molecule has 172 valence electrons. The summed E-state index contributed by atoms with van der Waals surface area (Å²) in [5.74, 6) is -0.0104. The Labute approximate surface area is 196 Å². The van der Waals surface area contributed by atoms with E-state index in [2.05, 4.69) is 17.1 Å². The molecule has 0 aliphatic carbocycles. The van der Waals surface area contributed by atoms with Crippen LogP contribution in [0.3, 0.4) is 0 Å². The average molecular weight is 469 g/mol. The number of hydrogen-bond donors (Lipinski definition) is 0. The van der Waals surface area contributed by atoms with Crippen LogP contribution < -0.4 is 0 Å². The molecule has 1 aliphatic heterocycles. The summed E-state index contributed by atoms with van der Waals surface area (Å²) in [6, 6.07) is 15.5. The van der Waals surface area contributed by atoms with E-state index in [1.165, 1.54) is 23.9 Å². The maximum Gasteiger partial charge on any atom is 0.316 e. The highest BCUT2D eigenvalue weighted by molar-refractivity contribution is 7.99. The molecule has 3 aromatic rings. The third-order valence-electron chi connectivity index (χ3n) is 5.44. The Morgan fingerprint density at radius 2 is 1.88 bits per heavy atom. The van der Waals surface area contributed by atoms with Gasteiger partial charge in [-0.05, 0) is 55.2 Å². The van der Waals surface area contributed by atoms with Gasteiger partial charge in [0.1, 0.15) is 5.82 Å². The molecule has 1 amide bonds. The molecule has 1 fully saturated rings. The molecule has 0 bridgehead atoms. The Bertz CT molecular complexity index is 1100. The van der Waals surface area contributed by atoms with E-state index in [-0.39, 0.29) is 24.1 Å². The molecular formula is C24H25FN4O3S. The van der Waals surface area contributed by atoms with Crippen molar-refractivity contribution < 1.29 is 18.7 Å². The number of ether oxygens (including phenoxy) is 1. The monoisotopic (exact) mass is 468 g/mol. The predicted octanol–water partition coefficient (Wildman–Crippen LogP) is 3.97. The van der Waals surface area contributed by atoms with Crippen LogP contribution in [0.4, 0.5) is 4.39 Å². The standard InChI is InChI=1S/C24H25FN4O3S/c1-17-6-5-13-28(14-17)21(30)15-32-22(31)16-33-24-27-26-23(18-9-11-19(25)12-10-18)29(24)20-7-3-2-4-8-20/h2-4,7-12,17H,5-6,13-16H2,1H3. The van der Waals surface area contributed by atoms with Gasteiger partial charge in [0.25, 0.3) is 5.91 Å². The Balaban J connectivity index is 1.43. The van der Waals surface area contributed by atoms with Crippen molar-refractivity contribution in [3.05, 3.63) is 60.4 Å². The van der Waals surface area contributed by atoms with Crippen LogP contribution in [0.25, 0.3) is 17.1 Å². The fourth-order valence-electron chi connectivity index (χ4n) is 3.77. The number of amides is 1. The van der Waals surface area contributed by atoms with Gasteiger partial charge < -0.3 is 9.64 Å². The number of esters is 1. The molecule has 1 atom stereocenters. The Hall–Kier alpha value is -3.20. The van der Waals surface area contributed by atoms with Crippen molar-refractivity contribution in [2.75, 3.05) is 25.4 Å². The maximum atomic E-state index is 13.4. The first-order valence-corrected chi connectivity index (χ1v) is 11.8. The molecule has 1 saturated heterocycles. The van der Waals surface area contributed by atoms with Crippen molar-refractivity contribution in [3.8, 4) is 17.1 Å². The van der Waals surface area contributed by atoms with E-state index >= 15 is 0 Å². The van der Waals surface area contributed by atoms with Gasteiger partial charge >= 0.3 is 5.97 Å². The lowest BCUT2D eigenvalue weighted by atomic mass is 10.0. The highest BCUT2D eigenvalue weighted by atomic mass is 32.2. The van der Waals surface area contributed by atoms with Crippen LogP contribution in [0.5, 0.6) is 0 Å². The van der Waals surface area contributed by atoms with Gasteiger partial charge in [-0.25, -0.2) is 4.39 Å². The van der Waals surface area contributed by atoms with Gasteiger partial charge in [0.05, 0.1) is 5.75 Å². The first-order valence-electron chi connectivity index (χ1n) is 10.8. The maximum absolute atomic E-state index is 13.4. The summed E-state index contributed by atoms with van der Waals surface area (Å²) in [7, 11) is 0. The van der Waals surface area contributed by atoms with Crippen molar-refractivity contribution in [3.63, 3.8) is 0 Å². The molecule has 0 spiro atoms. The van der Waals surface area contributed by atoms with Gasteiger partial charge in [0, 0.05) is 24.3 Å². The first kappa shape index (κ1) is 23.0. The number of carbonyl (C=O) groups excluding carboxylic acids is 2. The lowest BCUT2D eigenvalue weighted by Crippen LogP contribution is -2.41. The van der Waals surface area contributed by atoms with E-state index in [9.17, 15) is 14.0 Å². The molecule has 0 N–H and O–H groups in total. The Morgan fingerprint density at radius 3 is 2.61 bits per heavy atom. The molecule has 2 aromatic carbocycles. The van der Waals surface area contributed by atoms with Crippen LogP contribution in [0, 0.1) is 11.7 Å². The molecule has 2 heterocycles. The SMILES string of the molecule is CC1CCCN(C(=O)COC(=O)CSc2nnc(-c3ccc(F)cc3)n2-c2ccccc2)C1. The molecule has 1 unspecified atom stereocenters. The van der Waals surface area contributed by atoms with E-state index in [0.717, 1.165) is 18.5 Å². The van der Waals surface area contributed by atoms with Gasteiger partial charge in [-0.1, -0.05) is 36.9 Å². The normalized spacial score (nSPS) is 15.9. The van der Waals surface area contributed by atoms with Crippen LogP contribution >= 0.6 is 11.8 Å². The second-order valence-electron chi connectivity index (χ2n) is 8.02. The number of piperidine rings is 1. The topological polar surface area (TPSA) is 77.3 Å². The summed E-state index contributed by atoms with van der Waals surface area (Å²) < 4.78 is 20.4. The highest BCUT2D eigenvalue weighted by Gasteiger charge is 2.22. The molecule has 4 rings (SSSR count). The van der Waals surface area contributed by atoms with Crippen molar-refractivity contribution >= 4 is 23.6 Å². The fourth-order valence-corrected chi connectivity index (χ4v) is 4.52.